The van der Waals surface area contributed by atoms with Crippen molar-refractivity contribution in [1.29, 1.82) is 0 Å². The Morgan fingerprint density at radius 1 is 1.19 bits per heavy atom. The summed E-state index contributed by atoms with van der Waals surface area (Å²) >= 11 is 0. The van der Waals surface area contributed by atoms with Gasteiger partial charge in [0.1, 0.15) is 6.29 Å². The second-order valence-electron chi connectivity index (χ2n) is 7.34. The SMILES string of the molecule is CC1=C(/C=C/C(C)=C/C=C/C(C)=C/C=O)C(C)(C)CCC1.c1c[nH]cn1. The van der Waals surface area contributed by atoms with E-state index in [1.165, 1.54) is 36.0 Å². The number of hydrogen-bond donors (Lipinski definition) is 1. The van der Waals surface area contributed by atoms with Gasteiger partial charge in [0.2, 0.25) is 0 Å². The van der Waals surface area contributed by atoms with Crippen LogP contribution in [0.25, 0.3) is 0 Å². The minimum Gasteiger partial charge on any atom is -0.351 e. The van der Waals surface area contributed by atoms with E-state index in [1.54, 1.807) is 24.8 Å². The zero-order valence-corrected chi connectivity index (χ0v) is 16.8. The Morgan fingerprint density at radius 2 is 1.92 bits per heavy atom. The van der Waals surface area contributed by atoms with Crippen LogP contribution in [0.2, 0.25) is 0 Å². The molecule has 1 heterocycles. The topological polar surface area (TPSA) is 45.8 Å². The third kappa shape index (κ3) is 8.11. The summed E-state index contributed by atoms with van der Waals surface area (Å²) in [5.41, 5.74) is 5.48. The van der Waals surface area contributed by atoms with E-state index < -0.39 is 0 Å². The third-order valence-corrected chi connectivity index (χ3v) is 4.51. The molecule has 3 nitrogen and oxygen atoms in total. The molecule has 0 unspecified atom stereocenters. The van der Waals surface area contributed by atoms with E-state index in [1.807, 2.05) is 19.1 Å². The molecule has 0 aliphatic heterocycles. The van der Waals surface area contributed by atoms with Crippen molar-refractivity contribution in [3.8, 4) is 0 Å². The number of carbonyl (C=O) groups excluding carboxylic acids is 1. The number of rotatable bonds is 5. The van der Waals surface area contributed by atoms with E-state index in [9.17, 15) is 4.79 Å². The van der Waals surface area contributed by atoms with Crippen LogP contribution < -0.4 is 0 Å². The van der Waals surface area contributed by atoms with Crippen LogP contribution >= 0.6 is 0 Å². The Kier molecular flexibility index (Phi) is 9.35. The van der Waals surface area contributed by atoms with Crippen molar-refractivity contribution < 1.29 is 4.79 Å². The Labute approximate surface area is 158 Å². The molecule has 0 saturated heterocycles. The number of hydrogen-bond acceptors (Lipinski definition) is 2. The number of aromatic amines is 1. The largest absolute Gasteiger partial charge is 0.351 e. The van der Waals surface area contributed by atoms with Crippen molar-refractivity contribution in [2.45, 2.75) is 53.9 Å². The van der Waals surface area contributed by atoms with Gasteiger partial charge in [-0.15, -0.1) is 0 Å². The highest BCUT2D eigenvalue weighted by molar-refractivity contribution is 5.66. The van der Waals surface area contributed by atoms with Gasteiger partial charge in [0.15, 0.2) is 0 Å². The van der Waals surface area contributed by atoms with Crippen molar-refractivity contribution in [3.05, 3.63) is 77.5 Å². The lowest BCUT2D eigenvalue weighted by atomic mass is 9.72. The number of aldehydes is 1. The molecular formula is C23H32N2O. The molecule has 26 heavy (non-hydrogen) atoms. The molecule has 1 N–H and O–H groups in total. The molecule has 0 atom stereocenters. The van der Waals surface area contributed by atoms with Gasteiger partial charge in [-0.05, 0) is 62.7 Å². The van der Waals surface area contributed by atoms with E-state index in [4.69, 9.17) is 0 Å². The van der Waals surface area contributed by atoms with Crippen LogP contribution in [-0.2, 0) is 4.79 Å². The quantitative estimate of drug-likeness (QED) is 0.394. The number of allylic oxidation sites excluding steroid dienone is 10. The van der Waals surface area contributed by atoms with Gasteiger partial charge in [-0.3, -0.25) is 4.79 Å². The predicted octanol–water partition coefficient (Wildman–Crippen LogP) is 6.13. The number of aromatic nitrogens is 2. The number of nitrogens with one attached hydrogen (secondary N) is 1. The zero-order valence-electron chi connectivity index (χ0n) is 16.8. The van der Waals surface area contributed by atoms with Crippen molar-refractivity contribution in [1.82, 2.24) is 9.97 Å². The lowest BCUT2D eigenvalue weighted by Crippen LogP contribution is -2.19. The summed E-state index contributed by atoms with van der Waals surface area (Å²) in [7, 11) is 0. The minimum absolute atomic E-state index is 0.290. The second kappa shape index (κ2) is 11.2. The van der Waals surface area contributed by atoms with Crippen LogP contribution in [0, 0.1) is 5.41 Å². The fourth-order valence-electron chi connectivity index (χ4n) is 3.01. The van der Waals surface area contributed by atoms with Gasteiger partial charge >= 0.3 is 0 Å². The van der Waals surface area contributed by atoms with Gasteiger partial charge in [-0.25, -0.2) is 4.98 Å². The van der Waals surface area contributed by atoms with Crippen LogP contribution in [0.4, 0.5) is 0 Å². The van der Waals surface area contributed by atoms with E-state index in [0.717, 1.165) is 11.9 Å². The highest BCUT2D eigenvalue weighted by Gasteiger charge is 2.26. The van der Waals surface area contributed by atoms with Crippen molar-refractivity contribution in [2.24, 2.45) is 5.41 Å². The van der Waals surface area contributed by atoms with Gasteiger partial charge in [0, 0.05) is 12.4 Å². The van der Waals surface area contributed by atoms with Gasteiger partial charge < -0.3 is 4.98 Å². The van der Waals surface area contributed by atoms with Crippen molar-refractivity contribution >= 4 is 6.29 Å². The maximum atomic E-state index is 10.3. The monoisotopic (exact) mass is 352 g/mol. The Bertz CT molecular complexity index is 681. The fraction of sp³-hybridized carbons (Fsp3) is 0.391. The Morgan fingerprint density at radius 3 is 2.46 bits per heavy atom. The maximum Gasteiger partial charge on any atom is 0.143 e. The normalized spacial score (nSPS) is 18.2. The van der Waals surface area contributed by atoms with Crippen molar-refractivity contribution in [2.75, 3.05) is 0 Å². The molecule has 1 aromatic heterocycles. The molecule has 0 aromatic carbocycles. The van der Waals surface area contributed by atoms with E-state index >= 15 is 0 Å². The summed E-state index contributed by atoms with van der Waals surface area (Å²) in [5, 5.41) is 0. The summed E-state index contributed by atoms with van der Waals surface area (Å²) in [6.45, 7) is 10.9. The molecule has 0 spiro atoms. The summed E-state index contributed by atoms with van der Waals surface area (Å²) in [4.78, 5) is 16.8. The zero-order chi connectivity index (χ0) is 19.4. The smallest absolute Gasteiger partial charge is 0.143 e. The molecule has 3 heteroatoms. The van der Waals surface area contributed by atoms with Crippen LogP contribution in [0.1, 0.15) is 53.9 Å². The fourth-order valence-corrected chi connectivity index (χ4v) is 3.01. The van der Waals surface area contributed by atoms with E-state index in [2.05, 4.69) is 55.9 Å². The van der Waals surface area contributed by atoms with E-state index in [0.29, 0.717) is 0 Å². The first-order valence-corrected chi connectivity index (χ1v) is 9.15. The maximum absolute atomic E-state index is 10.3. The van der Waals surface area contributed by atoms with Crippen LogP contribution in [0.3, 0.4) is 0 Å². The van der Waals surface area contributed by atoms with E-state index in [-0.39, 0.29) is 5.41 Å². The highest BCUT2D eigenvalue weighted by Crippen LogP contribution is 2.40. The summed E-state index contributed by atoms with van der Waals surface area (Å²) in [5.74, 6) is 0. The standard InChI is InChI=1S/C20H28O.C3H4N2/c1-16(8-6-9-17(2)13-15-21)11-12-19-18(3)10-7-14-20(19,4)5;1-2-5-3-4-1/h6,8-9,11-13,15H,7,10,14H2,1-5H3;1-3H,(H,4,5)/b9-6+,12-11+,16-8+,17-13+;. The van der Waals surface area contributed by atoms with Crippen LogP contribution in [0.5, 0.6) is 0 Å². The molecule has 0 amide bonds. The van der Waals surface area contributed by atoms with Gasteiger partial charge in [-0.2, -0.15) is 0 Å². The molecule has 2 rings (SSSR count). The number of imidazole rings is 1. The molecule has 0 bridgehead atoms. The Hall–Kier alpha value is -2.42. The lowest BCUT2D eigenvalue weighted by Gasteiger charge is -2.32. The van der Waals surface area contributed by atoms with Gasteiger partial charge in [0.25, 0.3) is 0 Å². The molecule has 1 aliphatic rings. The minimum atomic E-state index is 0.290. The first-order chi connectivity index (χ1) is 12.4. The van der Waals surface area contributed by atoms with Crippen molar-refractivity contribution in [3.63, 3.8) is 0 Å². The molecule has 1 aliphatic carbocycles. The summed E-state index contributed by atoms with van der Waals surface area (Å²) in [6.07, 6.45) is 21.7. The first-order valence-electron chi connectivity index (χ1n) is 9.15. The molecule has 0 radical (unpaired) electrons. The van der Waals surface area contributed by atoms with Gasteiger partial charge in [0.05, 0.1) is 6.33 Å². The summed E-state index contributed by atoms with van der Waals surface area (Å²) in [6, 6.07) is 0. The molecular weight excluding hydrogens is 320 g/mol. The van der Waals surface area contributed by atoms with Crippen LogP contribution in [0.15, 0.2) is 77.5 Å². The Balaban J connectivity index is 0.000000577. The second-order valence-corrected chi connectivity index (χ2v) is 7.34. The average Bonchev–Trinajstić information content (AvgIpc) is 3.13. The van der Waals surface area contributed by atoms with Gasteiger partial charge in [-0.1, -0.05) is 55.4 Å². The third-order valence-electron chi connectivity index (χ3n) is 4.51. The molecule has 0 saturated carbocycles. The number of carbonyl (C=O) groups is 1. The average molecular weight is 353 g/mol. The first kappa shape index (κ1) is 21.6. The number of H-pyrrole nitrogens is 1. The molecule has 140 valence electrons. The lowest BCUT2D eigenvalue weighted by molar-refractivity contribution is -0.104. The molecule has 1 aromatic rings. The summed E-state index contributed by atoms with van der Waals surface area (Å²) < 4.78 is 0. The highest BCUT2D eigenvalue weighted by atomic mass is 16.1. The number of nitrogens with zero attached hydrogens (tertiary/aromatic N) is 1. The van der Waals surface area contributed by atoms with Crippen LogP contribution in [-0.4, -0.2) is 16.3 Å². The molecule has 0 fully saturated rings. The predicted molar refractivity (Wildman–Crippen MR) is 111 cm³/mol.